The molecule has 5 nitrogen and oxygen atoms in total. The molecule has 7 atom stereocenters. The molecule has 28 heavy (non-hydrogen) atoms. The third kappa shape index (κ3) is 2.66. The SMILES string of the molecule is COC(=O)[C@]1(C)CCC[C@@]2(C)[C@@H]3CC[C@H]4C(C)=C[C@]3(CC[C@@H]21)[C@@H]4OS(C)(=O)=O. The molecule has 3 fully saturated rings. The molecule has 4 aliphatic rings. The summed E-state index contributed by atoms with van der Waals surface area (Å²) in [5, 5.41) is 0. The van der Waals surface area contributed by atoms with Crippen LogP contribution in [0.4, 0.5) is 0 Å². The van der Waals surface area contributed by atoms with Crippen molar-refractivity contribution in [3.63, 3.8) is 0 Å². The van der Waals surface area contributed by atoms with Crippen LogP contribution in [0.1, 0.15) is 65.7 Å². The molecule has 6 heteroatoms. The number of esters is 1. The summed E-state index contributed by atoms with van der Waals surface area (Å²) in [7, 11) is -2.03. The molecule has 0 aromatic rings. The maximum absolute atomic E-state index is 12.8. The van der Waals surface area contributed by atoms with E-state index in [0.717, 1.165) is 44.9 Å². The Morgan fingerprint density at radius 1 is 1.11 bits per heavy atom. The minimum atomic E-state index is -3.53. The standard InChI is InChI=1S/C22H34O5S/c1-14-13-22-12-9-16-20(2,10-6-11-21(16,3)19(23)26-4)17(22)8-7-15(14)18(22)27-28(5,24)25/h13,15-18H,6-12H2,1-5H3/t15-,16-,17-,18+,20+,21+,22-/m0/s1. The molecular formula is C22H34O5S. The van der Waals surface area contributed by atoms with Crippen LogP contribution in [0.2, 0.25) is 0 Å². The number of carbonyl (C=O) groups is 1. The van der Waals surface area contributed by atoms with Crippen LogP contribution in [0.3, 0.4) is 0 Å². The van der Waals surface area contributed by atoms with Gasteiger partial charge >= 0.3 is 5.97 Å². The van der Waals surface area contributed by atoms with Gasteiger partial charge in [-0.15, -0.1) is 0 Å². The van der Waals surface area contributed by atoms with Crippen molar-refractivity contribution in [2.24, 2.45) is 34.0 Å². The number of hydrogen-bond donors (Lipinski definition) is 0. The lowest BCUT2D eigenvalue weighted by atomic mass is 9.40. The van der Waals surface area contributed by atoms with Crippen molar-refractivity contribution >= 4 is 16.1 Å². The molecule has 2 bridgehead atoms. The molecule has 4 rings (SSSR count). The van der Waals surface area contributed by atoms with E-state index in [1.165, 1.54) is 18.9 Å². The maximum atomic E-state index is 12.8. The van der Waals surface area contributed by atoms with Crippen molar-refractivity contribution < 1.29 is 22.1 Å². The highest BCUT2D eigenvalue weighted by Gasteiger charge is 2.67. The Morgan fingerprint density at radius 3 is 2.46 bits per heavy atom. The monoisotopic (exact) mass is 410 g/mol. The summed E-state index contributed by atoms with van der Waals surface area (Å²) < 4.78 is 35.2. The van der Waals surface area contributed by atoms with E-state index in [1.54, 1.807) is 0 Å². The van der Waals surface area contributed by atoms with E-state index in [0.29, 0.717) is 5.92 Å². The van der Waals surface area contributed by atoms with Gasteiger partial charge in [0.2, 0.25) is 0 Å². The third-order valence-electron chi connectivity index (χ3n) is 8.96. The Morgan fingerprint density at radius 2 is 1.82 bits per heavy atom. The summed E-state index contributed by atoms with van der Waals surface area (Å²) in [5.41, 5.74) is 0.593. The largest absolute Gasteiger partial charge is 0.469 e. The Balaban J connectivity index is 1.78. The first-order chi connectivity index (χ1) is 13.0. The van der Waals surface area contributed by atoms with Gasteiger partial charge in [-0.25, -0.2) is 0 Å². The Bertz CT molecular complexity index is 817. The molecule has 0 N–H and O–H groups in total. The van der Waals surface area contributed by atoms with Gasteiger partial charge in [0, 0.05) is 11.3 Å². The lowest BCUT2D eigenvalue weighted by Crippen LogP contribution is -2.62. The lowest BCUT2D eigenvalue weighted by Gasteiger charge is -2.64. The van der Waals surface area contributed by atoms with Crippen LogP contribution in [0.5, 0.6) is 0 Å². The average Bonchev–Trinajstić information content (AvgIpc) is 2.74. The first-order valence-electron chi connectivity index (χ1n) is 10.6. The predicted molar refractivity (Wildman–Crippen MR) is 107 cm³/mol. The Kier molecular flexibility index (Phi) is 4.59. The molecule has 0 heterocycles. The summed E-state index contributed by atoms with van der Waals surface area (Å²) in [5.74, 6) is 0.710. The molecule has 1 spiro atoms. The van der Waals surface area contributed by atoms with Crippen LogP contribution in [0, 0.1) is 34.0 Å². The quantitative estimate of drug-likeness (QED) is 0.398. The normalized spacial score (nSPS) is 47.7. The van der Waals surface area contributed by atoms with Crippen molar-refractivity contribution in [3.8, 4) is 0 Å². The van der Waals surface area contributed by atoms with Crippen molar-refractivity contribution in [1.82, 2.24) is 0 Å². The molecule has 0 aromatic carbocycles. The van der Waals surface area contributed by atoms with E-state index in [4.69, 9.17) is 8.92 Å². The summed E-state index contributed by atoms with van der Waals surface area (Å²) in [6, 6.07) is 0. The highest BCUT2D eigenvalue weighted by atomic mass is 32.2. The smallest absolute Gasteiger partial charge is 0.311 e. The zero-order chi connectivity index (χ0) is 20.5. The molecule has 158 valence electrons. The number of rotatable bonds is 3. The number of methoxy groups -OCH3 is 1. The molecule has 0 aliphatic heterocycles. The van der Waals surface area contributed by atoms with Crippen molar-refractivity contribution in [2.75, 3.05) is 13.4 Å². The van der Waals surface area contributed by atoms with Crippen LogP contribution in [0.15, 0.2) is 11.6 Å². The Hall–Kier alpha value is -0.880. The Labute approximate surface area is 169 Å². The van der Waals surface area contributed by atoms with Crippen LogP contribution < -0.4 is 0 Å². The first kappa shape index (κ1) is 20.4. The van der Waals surface area contributed by atoms with Crippen LogP contribution >= 0.6 is 0 Å². The fraction of sp³-hybridized carbons (Fsp3) is 0.864. The highest BCUT2D eigenvalue weighted by molar-refractivity contribution is 7.86. The van der Waals surface area contributed by atoms with Crippen molar-refractivity contribution in [1.29, 1.82) is 0 Å². The second-order valence-corrected chi connectivity index (χ2v) is 11.9. The van der Waals surface area contributed by atoms with Gasteiger partial charge in [-0.05, 0) is 69.6 Å². The summed E-state index contributed by atoms with van der Waals surface area (Å²) in [4.78, 5) is 12.8. The fourth-order valence-corrected chi connectivity index (χ4v) is 8.74. The van der Waals surface area contributed by atoms with Crippen molar-refractivity contribution in [2.45, 2.75) is 71.8 Å². The number of fused-ring (bicyclic) bond motifs is 3. The topological polar surface area (TPSA) is 69.7 Å². The maximum Gasteiger partial charge on any atom is 0.311 e. The van der Waals surface area contributed by atoms with Gasteiger partial charge in [-0.1, -0.05) is 25.0 Å². The summed E-state index contributed by atoms with van der Waals surface area (Å²) in [6.45, 7) is 6.57. The van der Waals surface area contributed by atoms with E-state index in [1.807, 2.05) is 0 Å². The van der Waals surface area contributed by atoms with E-state index in [2.05, 4.69) is 26.8 Å². The van der Waals surface area contributed by atoms with E-state index >= 15 is 0 Å². The highest BCUT2D eigenvalue weighted by Crippen LogP contribution is 2.71. The van der Waals surface area contributed by atoms with Gasteiger partial charge in [0.1, 0.15) is 0 Å². The first-order valence-corrected chi connectivity index (χ1v) is 12.5. The second-order valence-electron chi connectivity index (χ2n) is 10.3. The van der Waals surface area contributed by atoms with Gasteiger partial charge in [-0.2, -0.15) is 8.42 Å². The third-order valence-corrected chi connectivity index (χ3v) is 9.52. The van der Waals surface area contributed by atoms with E-state index < -0.39 is 15.5 Å². The molecule has 0 unspecified atom stereocenters. The zero-order valence-electron chi connectivity index (χ0n) is 17.8. The minimum absolute atomic E-state index is 0.00928. The zero-order valence-corrected chi connectivity index (χ0v) is 18.6. The van der Waals surface area contributed by atoms with Gasteiger partial charge < -0.3 is 4.74 Å². The van der Waals surface area contributed by atoms with Crippen LogP contribution in [-0.2, 0) is 23.8 Å². The summed E-state index contributed by atoms with van der Waals surface area (Å²) in [6.07, 6.45) is 10.1. The molecular weight excluding hydrogens is 376 g/mol. The minimum Gasteiger partial charge on any atom is -0.469 e. The van der Waals surface area contributed by atoms with E-state index in [-0.39, 0.29) is 34.7 Å². The lowest BCUT2D eigenvalue weighted by molar-refractivity contribution is -0.190. The van der Waals surface area contributed by atoms with Gasteiger partial charge in [0.25, 0.3) is 10.1 Å². The fourth-order valence-electron chi connectivity index (χ4n) is 8.05. The average molecular weight is 411 g/mol. The van der Waals surface area contributed by atoms with Crippen molar-refractivity contribution in [3.05, 3.63) is 11.6 Å². The van der Waals surface area contributed by atoms with Crippen LogP contribution in [0.25, 0.3) is 0 Å². The number of ether oxygens (including phenoxy) is 1. The number of hydrogen-bond acceptors (Lipinski definition) is 5. The molecule has 3 saturated carbocycles. The number of carbonyl (C=O) groups excluding carboxylic acids is 1. The summed E-state index contributed by atoms with van der Waals surface area (Å²) >= 11 is 0. The molecule has 0 radical (unpaired) electrons. The van der Waals surface area contributed by atoms with E-state index in [9.17, 15) is 13.2 Å². The molecule has 4 aliphatic carbocycles. The second kappa shape index (κ2) is 6.31. The molecule has 0 aromatic heterocycles. The predicted octanol–water partition coefficient (Wildman–Crippen LogP) is 4.08. The molecule has 0 amide bonds. The van der Waals surface area contributed by atoms with Crippen LogP contribution in [-0.4, -0.2) is 33.9 Å². The van der Waals surface area contributed by atoms with Gasteiger partial charge in [-0.3, -0.25) is 8.98 Å². The van der Waals surface area contributed by atoms with Gasteiger partial charge in [0.05, 0.1) is 24.9 Å². The van der Waals surface area contributed by atoms with Gasteiger partial charge in [0.15, 0.2) is 0 Å². The molecule has 0 saturated heterocycles.